The van der Waals surface area contributed by atoms with Gasteiger partial charge in [0.05, 0.1) is 11.0 Å². The van der Waals surface area contributed by atoms with Crippen LogP contribution in [0.25, 0.3) is 11.0 Å². The molecular weight excluding hydrogens is 372 g/mol. The third-order valence-electron chi connectivity index (χ3n) is 3.66. The average Bonchev–Trinajstić information content (AvgIpc) is 2.67. The normalized spacial score (nSPS) is 14.0. The molecule has 0 radical (unpaired) electrons. The maximum atomic E-state index is 12.7. The van der Waals surface area contributed by atoms with Gasteiger partial charge in [-0.25, -0.2) is 4.79 Å². The topological polar surface area (TPSA) is 53.2 Å². The van der Waals surface area contributed by atoms with Gasteiger partial charge in [0.25, 0.3) is 0 Å². The Kier molecular flexibility index (Phi) is 4.74. The van der Waals surface area contributed by atoms with Crippen molar-refractivity contribution in [3.05, 3.63) is 34.2 Å². The predicted octanol–water partition coefficient (Wildman–Crippen LogP) is 3.87. The molecule has 2 aromatic rings. The number of esters is 1. The van der Waals surface area contributed by atoms with Gasteiger partial charge in [0.1, 0.15) is 10.4 Å². The minimum atomic E-state index is -0.637. The Hall–Kier alpha value is -1.56. The van der Waals surface area contributed by atoms with E-state index in [0.29, 0.717) is 0 Å². The Bertz CT molecular complexity index is 835. The van der Waals surface area contributed by atoms with Gasteiger partial charge in [0.15, 0.2) is 0 Å². The van der Waals surface area contributed by atoms with Gasteiger partial charge in [-0.05, 0) is 47.6 Å². The predicted molar refractivity (Wildman–Crippen MR) is 99.7 cm³/mol. The summed E-state index contributed by atoms with van der Waals surface area (Å²) in [6, 6.07) is 5.61. The molecule has 132 valence electrons. The van der Waals surface area contributed by atoms with Crippen molar-refractivity contribution in [2.45, 2.75) is 57.5 Å². The maximum absolute atomic E-state index is 12.7. The van der Waals surface area contributed by atoms with Crippen LogP contribution in [-0.4, -0.2) is 20.7 Å². The number of halogens is 1. The monoisotopic (exact) mass is 396 g/mol. The second-order valence-corrected chi connectivity index (χ2v) is 8.87. The molecule has 0 fully saturated rings. The zero-order valence-corrected chi connectivity index (χ0v) is 16.9. The Morgan fingerprint density at radius 1 is 1.17 bits per heavy atom. The third-order valence-corrected chi connectivity index (χ3v) is 4.53. The van der Waals surface area contributed by atoms with Crippen LogP contribution in [0.15, 0.2) is 23.0 Å². The SMILES string of the molecule is Cn1c(=O)n(C(C)(C)C)c2cccc(C(Br)C(=O)OC(C)(C)C)c21. The van der Waals surface area contributed by atoms with E-state index in [-0.39, 0.29) is 17.2 Å². The molecule has 1 aromatic heterocycles. The number of ether oxygens (including phenoxy) is 1. The van der Waals surface area contributed by atoms with Gasteiger partial charge in [-0.15, -0.1) is 0 Å². The number of carbonyl (C=O) groups is 1. The molecule has 1 aromatic carbocycles. The van der Waals surface area contributed by atoms with Crippen LogP contribution in [0.5, 0.6) is 0 Å². The van der Waals surface area contributed by atoms with E-state index in [4.69, 9.17) is 4.74 Å². The van der Waals surface area contributed by atoms with Gasteiger partial charge >= 0.3 is 11.7 Å². The summed E-state index contributed by atoms with van der Waals surface area (Å²) in [5.74, 6) is -0.369. The average molecular weight is 397 g/mol. The number of hydrogen-bond donors (Lipinski definition) is 0. The lowest BCUT2D eigenvalue weighted by Crippen LogP contribution is -2.34. The third kappa shape index (κ3) is 3.43. The number of alkyl halides is 1. The van der Waals surface area contributed by atoms with Crippen LogP contribution >= 0.6 is 15.9 Å². The number of hydrogen-bond acceptors (Lipinski definition) is 3. The zero-order valence-electron chi connectivity index (χ0n) is 15.3. The van der Waals surface area contributed by atoms with Crippen molar-refractivity contribution in [1.82, 2.24) is 9.13 Å². The summed E-state index contributed by atoms with van der Waals surface area (Å²) in [4.78, 5) is 24.5. The Morgan fingerprint density at radius 3 is 2.25 bits per heavy atom. The smallest absolute Gasteiger partial charge is 0.329 e. The van der Waals surface area contributed by atoms with Crippen molar-refractivity contribution in [3.8, 4) is 0 Å². The van der Waals surface area contributed by atoms with Crippen LogP contribution in [0, 0.1) is 0 Å². The lowest BCUT2D eigenvalue weighted by molar-refractivity contribution is -0.154. The lowest BCUT2D eigenvalue weighted by atomic mass is 10.1. The number of fused-ring (bicyclic) bond motifs is 1. The number of para-hydroxylation sites is 1. The van der Waals surface area contributed by atoms with Gasteiger partial charge in [0.2, 0.25) is 0 Å². The first kappa shape index (κ1) is 18.8. The molecule has 1 atom stereocenters. The molecule has 0 N–H and O–H groups in total. The van der Waals surface area contributed by atoms with Crippen LogP contribution < -0.4 is 5.69 Å². The molecule has 0 aliphatic rings. The van der Waals surface area contributed by atoms with E-state index < -0.39 is 10.4 Å². The Labute approximate surface area is 150 Å². The van der Waals surface area contributed by atoms with Crippen molar-refractivity contribution >= 4 is 32.9 Å². The summed E-state index contributed by atoms with van der Waals surface area (Å²) in [6.07, 6.45) is 0. The molecule has 0 amide bonds. The standard InChI is InChI=1S/C18H25BrN2O3/c1-17(2,3)21-12-10-8-9-11(14(12)20(7)16(21)23)13(19)15(22)24-18(4,5)6/h8-10,13H,1-7H3. The van der Waals surface area contributed by atoms with E-state index in [1.165, 1.54) is 0 Å². The number of imidazole rings is 1. The number of benzene rings is 1. The molecule has 1 unspecified atom stereocenters. The quantitative estimate of drug-likeness (QED) is 0.571. The highest BCUT2D eigenvalue weighted by Gasteiger charge is 2.29. The fraction of sp³-hybridized carbons (Fsp3) is 0.556. The summed E-state index contributed by atoms with van der Waals surface area (Å²) in [7, 11) is 1.73. The minimum absolute atomic E-state index is 0.103. The van der Waals surface area contributed by atoms with Crippen molar-refractivity contribution < 1.29 is 9.53 Å². The summed E-state index contributed by atoms with van der Waals surface area (Å²) in [6.45, 7) is 11.4. The van der Waals surface area contributed by atoms with E-state index in [1.54, 1.807) is 16.2 Å². The number of nitrogens with zero attached hydrogens (tertiary/aromatic N) is 2. The largest absolute Gasteiger partial charge is 0.459 e. The molecule has 0 aliphatic heterocycles. The van der Waals surface area contributed by atoms with Crippen LogP contribution in [0.1, 0.15) is 51.9 Å². The van der Waals surface area contributed by atoms with E-state index in [9.17, 15) is 9.59 Å². The van der Waals surface area contributed by atoms with E-state index in [2.05, 4.69) is 15.9 Å². The summed E-state index contributed by atoms with van der Waals surface area (Å²) in [5, 5.41) is 0. The van der Waals surface area contributed by atoms with E-state index in [0.717, 1.165) is 16.6 Å². The second-order valence-electron chi connectivity index (χ2n) is 7.96. The maximum Gasteiger partial charge on any atom is 0.329 e. The fourth-order valence-corrected chi connectivity index (χ4v) is 3.24. The summed E-state index contributed by atoms with van der Waals surface area (Å²) in [5.41, 5.74) is 1.24. The fourth-order valence-electron chi connectivity index (χ4n) is 2.78. The molecular formula is C18H25BrN2O3. The minimum Gasteiger partial charge on any atom is -0.459 e. The number of aryl methyl sites for hydroxylation is 1. The molecule has 24 heavy (non-hydrogen) atoms. The molecule has 0 aliphatic carbocycles. The Balaban J connectivity index is 2.66. The van der Waals surface area contributed by atoms with Crippen molar-refractivity contribution in [2.24, 2.45) is 7.05 Å². The Morgan fingerprint density at radius 2 is 1.75 bits per heavy atom. The van der Waals surface area contributed by atoms with Gasteiger partial charge < -0.3 is 4.74 Å². The van der Waals surface area contributed by atoms with E-state index in [1.807, 2.05) is 59.7 Å². The van der Waals surface area contributed by atoms with Crippen molar-refractivity contribution in [3.63, 3.8) is 0 Å². The van der Waals surface area contributed by atoms with Gasteiger partial charge in [-0.2, -0.15) is 0 Å². The van der Waals surface area contributed by atoms with Crippen LogP contribution in [0.4, 0.5) is 0 Å². The van der Waals surface area contributed by atoms with Crippen LogP contribution in [0.3, 0.4) is 0 Å². The second kappa shape index (κ2) is 6.06. The zero-order chi connectivity index (χ0) is 18.4. The van der Waals surface area contributed by atoms with Gasteiger partial charge in [0, 0.05) is 18.2 Å². The number of carbonyl (C=O) groups excluding carboxylic acids is 1. The van der Waals surface area contributed by atoms with E-state index >= 15 is 0 Å². The van der Waals surface area contributed by atoms with Crippen LogP contribution in [0.2, 0.25) is 0 Å². The molecule has 2 rings (SSSR count). The van der Waals surface area contributed by atoms with Crippen LogP contribution in [-0.2, 0) is 22.1 Å². The molecule has 0 spiro atoms. The highest BCUT2D eigenvalue weighted by molar-refractivity contribution is 9.09. The first-order valence-electron chi connectivity index (χ1n) is 7.92. The van der Waals surface area contributed by atoms with Crippen molar-refractivity contribution in [1.29, 1.82) is 0 Å². The number of rotatable bonds is 2. The molecule has 0 saturated carbocycles. The first-order chi connectivity index (χ1) is 10.8. The summed E-state index contributed by atoms with van der Waals surface area (Å²) < 4.78 is 8.81. The summed E-state index contributed by atoms with van der Waals surface area (Å²) >= 11 is 3.44. The molecule has 0 bridgehead atoms. The molecule has 6 heteroatoms. The highest BCUT2D eigenvalue weighted by atomic mass is 79.9. The molecule has 5 nitrogen and oxygen atoms in total. The van der Waals surface area contributed by atoms with Gasteiger partial charge in [-0.1, -0.05) is 28.1 Å². The first-order valence-corrected chi connectivity index (χ1v) is 8.84. The van der Waals surface area contributed by atoms with Gasteiger partial charge in [-0.3, -0.25) is 13.9 Å². The highest BCUT2D eigenvalue weighted by Crippen LogP contribution is 2.33. The number of aromatic nitrogens is 2. The van der Waals surface area contributed by atoms with Crippen molar-refractivity contribution in [2.75, 3.05) is 0 Å². The molecule has 1 heterocycles. The lowest BCUT2D eigenvalue weighted by Gasteiger charge is -2.22. The molecule has 0 saturated heterocycles.